The second-order valence-corrected chi connectivity index (χ2v) is 11.8. The standard InChI is InChI=1S/C30H37FN10O3/c1-19(31)29(43)41-14-13-40(15-20(41)8-10-32)27-22-9-12-39(28-26-23(33-18-34-28)6-7-25(42)38(26)3)16-24(22)35-30(36-27)44-17-21-5-4-11-37(21)2/h18,20-21H,1,4-9,11-17H2,2-3H3/t20-,21-/m0/s1. The van der Waals surface area contributed by atoms with Crippen LogP contribution in [0.15, 0.2) is 18.7 Å². The van der Waals surface area contributed by atoms with Crippen molar-refractivity contribution in [2.45, 2.75) is 57.2 Å². The molecule has 232 valence electrons. The minimum Gasteiger partial charge on any atom is -0.462 e. The molecule has 6 rings (SSSR count). The van der Waals surface area contributed by atoms with Gasteiger partial charge in [0.05, 0.1) is 36.5 Å². The number of likely N-dealkylation sites (N-methyl/N-ethyl adjacent to an activating group) is 1. The number of carbonyl (C=O) groups is 2. The van der Waals surface area contributed by atoms with Gasteiger partial charge in [0.15, 0.2) is 11.6 Å². The van der Waals surface area contributed by atoms with Crippen LogP contribution in [0.1, 0.15) is 42.6 Å². The first-order valence-electron chi connectivity index (χ1n) is 15.1. The van der Waals surface area contributed by atoms with E-state index in [9.17, 15) is 19.2 Å². The highest BCUT2D eigenvalue weighted by atomic mass is 19.1. The Morgan fingerprint density at radius 2 is 1.91 bits per heavy atom. The van der Waals surface area contributed by atoms with Gasteiger partial charge in [-0.05, 0) is 32.9 Å². The summed E-state index contributed by atoms with van der Waals surface area (Å²) in [5.74, 6) is -0.391. The number of halogens is 1. The molecule has 2 amide bonds. The molecule has 2 aromatic heterocycles. The fourth-order valence-corrected chi connectivity index (χ4v) is 6.69. The highest BCUT2D eigenvalue weighted by Gasteiger charge is 2.36. The van der Waals surface area contributed by atoms with Crippen molar-refractivity contribution in [3.63, 3.8) is 0 Å². The van der Waals surface area contributed by atoms with Gasteiger partial charge in [-0.25, -0.2) is 14.4 Å². The maximum absolute atomic E-state index is 13.8. The van der Waals surface area contributed by atoms with E-state index >= 15 is 0 Å². The second-order valence-electron chi connectivity index (χ2n) is 11.8. The van der Waals surface area contributed by atoms with Gasteiger partial charge >= 0.3 is 6.01 Å². The summed E-state index contributed by atoms with van der Waals surface area (Å²) in [7, 11) is 3.85. The van der Waals surface area contributed by atoms with Crippen molar-refractivity contribution < 1.29 is 18.7 Å². The van der Waals surface area contributed by atoms with E-state index in [0.717, 1.165) is 42.0 Å². The summed E-state index contributed by atoms with van der Waals surface area (Å²) < 4.78 is 20.0. The average Bonchev–Trinajstić information content (AvgIpc) is 3.44. The Bertz CT molecular complexity index is 1510. The van der Waals surface area contributed by atoms with Crippen LogP contribution in [0.5, 0.6) is 6.01 Å². The maximum atomic E-state index is 13.8. The Balaban J connectivity index is 1.33. The minimum atomic E-state index is -1.03. The van der Waals surface area contributed by atoms with E-state index in [4.69, 9.17) is 14.7 Å². The summed E-state index contributed by atoms with van der Waals surface area (Å²) in [5, 5.41) is 9.49. The lowest BCUT2D eigenvalue weighted by Gasteiger charge is -2.42. The van der Waals surface area contributed by atoms with Gasteiger partial charge in [0, 0.05) is 57.7 Å². The Kier molecular flexibility index (Phi) is 8.31. The lowest BCUT2D eigenvalue weighted by Crippen LogP contribution is -2.55. The van der Waals surface area contributed by atoms with Gasteiger partial charge in [0.2, 0.25) is 5.91 Å². The molecule has 0 unspecified atom stereocenters. The Labute approximate surface area is 255 Å². The van der Waals surface area contributed by atoms with Crippen molar-refractivity contribution in [2.24, 2.45) is 0 Å². The van der Waals surface area contributed by atoms with Crippen LogP contribution in [0.2, 0.25) is 0 Å². The normalized spacial score (nSPS) is 22.0. The SMILES string of the molecule is C=C(F)C(=O)N1CCN(c2nc(OC[C@@H]3CCCN3C)nc3c2CCN(c2ncnc4c2N(C)C(=O)CC4)C3)C[C@@H]1CC#N. The van der Waals surface area contributed by atoms with Crippen LogP contribution in [0.3, 0.4) is 0 Å². The van der Waals surface area contributed by atoms with Gasteiger partial charge in [-0.2, -0.15) is 15.2 Å². The molecule has 0 radical (unpaired) electrons. The Morgan fingerprint density at radius 3 is 2.66 bits per heavy atom. The molecule has 13 nitrogen and oxygen atoms in total. The molecule has 4 aliphatic heterocycles. The number of ether oxygens (including phenoxy) is 1. The fraction of sp³-hybridized carbons (Fsp3) is 0.567. The molecular formula is C30H37FN10O3. The molecule has 0 spiro atoms. The molecule has 0 bridgehead atoms. The number of amides is 2. The van der Waals surface area contributed by atoms with Gasteiger partial charge in [-0.15, -0.1) is 0 Å². The molecule has 2 aromatic rings. The largest absolute Gasteiger partial charge is 0.462 e. The van der Waals surface area contributed by atoms with Gasteiger partial charge in [0.25, 0.3) is 5.91 Å². The first kappa shape index (κ1) is 29.7. The Morgan fingerprint density at radius 1 is 1.07 bits per heavy atom. The van der Waals surface area contributed by atoms with Crippen LogP contribution >= 0.6 is 0 Å². The summed E-state index contributed by atoms with van der Waals surface area (Å²) in [6, 6.07) is 2.16. The lowest BCUT2D eigenvalue weighted by atomic mass is 10.0. The third kappa shape index (κ3) is 5.63. The molecule has 0 aliphatic carbocycles. The predicted octanol–water partition coefficient (Wildman–Crippen LogP) is 1.63. The summed E-state index contributed by atoms with van der Waals surface area (Å²) in [5.41, 5.74) is 3.34. The van der Waals surface area contributed by atoms with Gasteiger partial charge < -0.3 is 29.2 Å². The predicted molar refractivity (Wildman–Crippen MR) is 160 cm³/mol. The molecule has 44 heavy (non-hydrogen) atoms. The number of carbonyl (C=O) groups excluding carboxylic acids is 2. The van der Waals surface area contributed by atoms with Gasteiger partial charge in [-0.1, -0.05) is 6.58 Å². The quantitative estimate of drug-likeness (QED) is 0.427. The minimum absolute atomic E-state index is 0.0315. The summed E-state index contributed by atoms with van der Waals surface area (Å²) in [4.78, 5) is 53.4. The van der Waals surface area contributed by atoms with E-state index in [1.807, 2.05) is 0 Å². The maximum Gasteiger partial charge on any atom is 0.318 e. The number of rotatable bonds is 7. The summed E-state index contributed by atoms with van der Waals surface area (Å²) in [6.45, 7) is 6.65. The van der Waals surface area contributed by atoms with Crippen LogP contribution in [0.4, 0.5) is 21.7 Å². The molecular weight excluding hydrogens is 567 g/mol. The zero-order valence-electron chi connectivity index (χ0n) is 25.2. The number of nitrogens with zero attached hydrogens (tertiary/aromatic N) is 10. The highest BCUT2D eigenvalue weighted by Crippen LogP contribution is 2.37. The van der Waals surface area contributed by atoms with E-state index in [2.05, 4.69) is 44.4 Å². The smallest absolute Gasteiger partial charge is 0.318 e. The van der Waals surface area contributed by atoms with Crippen LogP contribution in [-0.2, 0) is 29.0 Å². The number of aryl methyl sites for hydroxylation is 1. The number of likely N-dealkylation sites (tertiary alicyclic amines) is 1. The summed E-state index contributed by atoms with van der Waals surface area (Å²) in [6.07, 6.45) is 5.36. The number of piperazine rings is 1. The number of fused-ring (bicyclic) bond motifs is 2. The van der Waals surface area contributed by atoms with E-state index in [1.165, 1.54) is 4.90 Å². The van der Waals surface area contributed by atoms with Crippen molar-refractivity contribution in [2.75, 3.05) is 68.1 Å². The molecule has 0 N–H and O–H groups in total. The first-order chi connectivity index (χ1) is 21.2. The van der Waals surface area contributed by atoms with Crippen molar-refractivity contribution in [3.05, 3.63) is 35.7 Å². The molecule has 4 aliphatic rings. The average molecular weight is 605 g/mol. The molecule has 2 fully saturated rings. The zero-order chi connectivity index (χ0) is 31.0. The summed E-state index contributed by atoms with van der Waals surface area (Å²) >= 11 is 0. The molecule has 0 saturated carbocycles. The number of nitriles is 1. The fourth-order valence-electron chi connectivity index (χ4n) is 6.69. The molecule has 6 heterocycles. The molecule has 2 atom stereocenters. The first-order valence-corrected chi connectivity index (χ1v) is 15.1. The van der Waals surface area contributed by atoms with Crippen molar-refractivity contribution in [1.82, 2.24) is 29.7 Å². The van der Waals surface area contributed by atoms with Gasteiger partial charge in [0.1, 0.15) is 24.4 Å². The van der Waals surface area contributed by atoms with E-state index in [1.54, 1.807) is 18.3 Å². The molecule has 0 aromatic carbocycles. The second kappa shape index (κ2) is 12.3. The zero-order valence-corrected chi connectivity index (χ0v) is 25.2. The lowest BCUT2D eigenvalue weighted by molar-refractivity contribution is -0.131. The monoisotopic (exact) mass is 604 g/mol. The third-order valence-electron chi connectivity index (χ3n) is 9.16. The van der Waals surface area contributed by atoms with Crippen LogP contribution < -0.4 is 19.4 Å². The van der Waals surface area contributed by atoms with Crippen LogP contribution in [0, 0.1) is 11.3 Å². The van der Waals surface area contributed by atoms with Crippen LogP contribution in [-0.4, -0.2) is 107 Å². The van der Waals surface area contributed by atoms with Crippen molar-refractivity contribution in [3.8, 4) is 12.1 Å². The number of hydrogen-bond acceptors (Lipinski definition) is 11. The van der Waals surface area contributed by atoms with Crippen molar-refractivity contribution >= 4 is 29.1 Å². The van der Waals surface area contributed by atoms with E-state index < -0.39 is 17.8 Å². The topological polar surface area (TPSA) is 135 Å². The van der Waals surface area contributed by atoms with Gasteiger partial charge in [-0.3, -0.25) is 9.59 Å². The third-order valence-corrected chi connectivity index (χ3v) is 9.16. The van der Waals surface area contributed by atoms with Crippen LogP contribution in [0.25, 0.3) is 0 Å². The highest BCUT2D eigenvalue weighted by molar-refractivity contribution is 5.98. The number of aromatic nitrogens is 4. The number of anilines is 3. The Hall–Kier alpha value is -4.38. The van der Waals surface area contributed by atoms with E-state index in [-0.39, 0.29) is 30.9 Å². The number of hydrogen-bond donors (Lipinski definition) is 0. The molecule has 2 saturated heterocycles. The molecule has 14 heteroatoms. The van der Waals surface area contributed by atoms with Crippen molar-refractivity contribution in [1.29, 1.82) is 5.26 Å². The van der Waals surface area contributed by atoms with E-state index in [0.29, 0.717) is 63.7 Å².